The second-order valence-electron chi connectivity index (χ2n) is 5.27. The first-order valence-corrected chi connectivity index (χ1v) is 7.83. The maximum atomic E-state index is 12.4. The van der Waals surface area contributed by atoms with Crippen molar-refractivity contribution in [2.75, 3.05) is 5.32 Å². The highest BCUT2D eigenvalue weighted by atomic mass is 32.1. The molecule has 1 N–H and O–H groups in total. The molecule has 0 radical (unpaired) electrons. The standard InChI is InChI=1S/C15H19NO4S/c1-8-9(2)21-14(16-10(3)17)13(8)15(19)20-12-7-5-4-6-11(12)18/h12H,4-7H2,1-3H3,(H,16,17). The Morgan fingerprint density at radius 2 is 2.00 bits per heavy atom. The van der Waals surface area contributed by atoms with E-state index >= 15 is 0 Å². The highest BCUT2D eigenvalue weighted by molar-refractivity contribution is 7.16. The number of amides is 1. The Labute approximate surface area is 127 Å². The Morgan fingerprint density at radius 1 is 1.29 bits per heavy atom. The third-order valence-corrected chi connectivity index (χ3v) is 4.75. The molecule has 0 saturated heterocycles. The number of ketones is 1. The number of anilines is 1. The number of hydrogen-bond acceptors (Lipinski definition) is 5. The fourth-order valence-corrected chi connectivity index (χ4v) is 3.48. The first-order chi connectivity index (χ1) is 9.90. The zero-order chi connectivity index (χ0) is 15.6. The van der Waals surface area contributed by atoms with Gasteiger partial charge in [0.1, 0.15) is 5.00 Å². The van der Waals surface area contributed by atoms with Crippen molar-refractivity contribution in [3.63, 3.8) is 0 Å². The van der Waals surface area contributed by atoms with Gasteiger partial charge in [-0.15, -0.1) is 11.3 Å². The van der Waals surface area contributed by atoms with Gasteiger partial charge in [0.2, 0.25) is 5.91 Å². The number of nitrogens with one attached hydrogen (secondary N) is 1. The Morgan fingerprint density at radius 3 is 2.62 bits per heavy atom. The van der Waals surface area contributed by atoms with Crippen molar-refractivity contribution in [1.82, 2.24) is 0 Å². The summed E-state index contributed by atoms with van der Waals surface area (Å²) in [6.45, 7) is 5.09. The fraction of sp³-hybridized carbons (Fsp3) is 0.533. The summed E-state index contributed by atoms with van der Waals surface area (Å²) in [6, 6.07) is 0. The van der Waals surface area contributed by atoms with Crippen LogP contribution in [0.1, 0.15) is 53.4 Å². The summed E-state index contributed by atoms with van der Waals surface area (Å²) in [7, 11) is 0. The van der Waals surface area contributed by atoms with Gasteiger partial charge in [0, 0.05) is 18.2 Å². The highest BCUT2D eigenvalue weighted by Crippen LogP contribution is 2.33. The van der Waals surface area contributed by atoms with Gasteiger partial charge in [0.05, 0.1) is 5.56 Å². The van der Waals surface area contributed by atoms with E-state index in [2.05, 4.69) is 5.32 Å². The summed E-state index contributed by atoms with van der Waals surface area (Å²) in [6.07, 6.45) is 2.17. The molecule has 0 bridgehead atoms. The van der Waals surface area contributed by atoms with Crippen LogP contribution in [-0.2, 0) is 14.3 Å². The van der Waals surface area contributed by atoms with E-state index in [0.717, 1.165) is 23.3 Å². The van der Waals surface area contributed by atoms with Gasteiger partial charge in [-0.25, -0.2) is 4.79 Å². The van der Waals surface area contributed by atoms with E-state index in [9.17, 15) is 14.4 Å². The molecule has 0 aromatic carbocycles. The fourth-order valence-electron chi connectivity index (χ4n) is 2.38. The number of ether oxygens (including phenoxy) is 1. The second-order valence-corrected chi connectivity index (χ2v) is 6.50. The van der Waals surface area contributed by atoms with Crippen molar-refractivity contribution in [2.45, 2.75) is 52.6 Å². The average molecular weight is 309 g/mol. The molecule has 1 aromatic rings. The molecule has 0 aliphatic heterocycles. The zero-order valence-corrected chi connectivity index (χ0v) is 13.3. The van der Waals surface area contributed by atoms with Gasteiger partial charge < -0.3 is 10.1 Å². The summed E-state index contributed by atoms with van der Waals surface area (Å²) in [5, 5.41) is 3.15. The number of esters is 1. The minimum atomic E-state index is -0.643. The van der Waals surface area contributed by atoms with Crippen molar-refractivity contribution in [1.29, 1.82) is 0 Å². The molecule has 1 aliphatic rings. The molecule has 1 amide bonds. The van der Waals surface area contributed by atoms with Crippen LogP contribution in [0.4, 0.5) is 5.00 Å². The number of rotatable bonds is 3. The van der Waals surface area contributed by atoms with Crippen LogP contribution in [0.15, 0.2) is 0 Å². The van der Waals surface area contributed by atoms with Gasteiger partial charge >= 0.3 is 5.97 Å². The average Bonchev–Trinajstić information content (AvgIpc) is 2.66. The maximum Gasteiger partial charge on any atom is 0.342 e. The molecule has 1 heterocycles. The summed E-state index contributed by atoms with van der Waals surface area (Å²) >= 11 is 1.34. The van der Waals surface area contributed by atoms with Gasteiger partial charge in [-0.2, -0.15) is 0 Å². The van der Waals surface area contributed by atoms with Crippen LogP contribution in [0.3, 0.4) is 0 Å². The molecule has 1 aliphatic carbocycles. The molecule has 1 saturated carbocycles. The van der Waals surface area contributed by atoms with Gasteiger partial charge in [0.25, 0.3) is 0 Å². The third-order valence-electron chi connectivity index (χ3n) is 3.63. The Balaban J connectivity index is 2.21. The van der Waals surface area contributed by atoms with Crippen molar-refractivity contribution < 1.29 is 19.1 Å². The van der Waals surface area contributed by atoms with E-state index in [1.54, 1.807) is 0 Å². The molecular weight excluding hydrogens is 290 g/mol. The van der Waals surface area contributed by atoms with Crippen LogP contribution >= 0.6 is 11.3 Å². The first-order valence-electron chi connectivity index (χ1n) is 7.01. The molecular formula is C15H19NO4S. The van der Waals surface area contributed by atoms with E-state index in [1.165, 1.54) is 18.3 Å². The molecule has 1 fully saturated rings. The zero-order valence-electron chi connectivity index (χ0n) is 12.4. The molecule has 1 atom stereocenters. The highest BCUT2D eigenvalue weighted by Gasteiger charge is 2.29. The van der Waals surface area contributed by atoms with E-state index in [0.29, 0.717) is 23.4 Å². The van der Waals surface area contributed by atoms with E-state index in [-0.39, 0.29) is 11.7 Å². The molecule has 1 unspecified atom stereocenters. The van der Waals surface area contributed by atoms with Crippen molar-refractivity contribution in [3.05, 3.63) is 16.0 Å². The quantitative estimate of drug-likeness (QED) is 0.871. The number of carbonyl (C=O) groups excluding carboxylic acids is 3. The van der Waals surface area contributed by atoms with E-state index in [4.69, 9.17) is 4.74 Å². The van der Waals surface area contributed by atoms with Gasteiger partial charge in [-0.05, 0) is 38.7 Å². The lowest BCUT2D eigenvalue weighted by molar-refractivity contribution is -0.130. The molecule has 5 nitrogen and oxygen atoms in total. The summed E-state index contributed by atoms with van der Waals surface area (Å²) in [5.74, 6) is -0.778. The van der Waals surface area contributed by atoms with Crippen molar-refractivity contribution in [2.24, 2.45) is 0 Å². The molecule has 0 spiro atoms. The Kier molecular flexibility index (Phi) is 4.77. The normalized spacial score (nSPS) is 18.4. The minimum absolute atomic E-state index is 0.0136. The van der Waals surface area contributed by atoms with Crippen LogP contribution in [0.2, 0.25) is 0 Å². The topological polar surface area (TPSA) is 72.5 Å². The monoisotopic (exact) mass is 309 g/mol. The van der Waals surface area contributed by atoms with Gasteiger partial charge in [-0.3, -0.25) is 9.59 Å². The van der Waals surface area contributed by atoms with Crippen LogP contribution in [0, 0.1) is 13.8 Å². The molecule has 1 aromatic heterocycles. The molecule has 2 rings (SSSR count). The number of aryl methyl sites for hydroxylation is 1. The van der Waals surface area contributed by atoms with Crippen LogP contribution in [-0.4, -0.2) is 23.8 Å². The predicted molar refractivity (Wildman–Crippen MR) is 80.8 cm³/mol. The molecule has 21 heavy (non-hydrogen) atoms. The summed E-state index contributed by atoms with van der Waals surface area (Å²) < 4.78 is 5.37. The van der Waals surface area contributed by atoms with Crippen molar-refractivity contribution >= 4 is 34.0 Å². The smallest absolute Gasteiger partial charge is 0.342 e. The summed E-state index contributed by atoms with van der Waals surface area (Å²) in [4.78, 5) is 36.3. The maximum absolute atomic E-state index is 12.4. The summed E-state index contributed by atoms with van der Waals surface area (Å²) in [5.41, 5.74) is 1.16. The minimum Gasteiger partial charge on any atom is -0.451 e. The van der Waals surface area contributed by atoms with E-state index in [1.807, 2.05) is 13.8 Å². The van der Waals surface area contributed by atoms with Crippen LogP contribution < -0.4 is 5.32 Å². The number of carbonyl (C=O) groups is 3. The molecule has 6 heteroatoms. The lowest BCUT2D eigenvalue weighted by atomic mass is 9.96. The van der Waals surface area contributed by atoms with Gasteiger partial charge in [-0.1, -0.05) is 0 Å². The number of hydrogen-bond donors (Lipinski definition) is 1. The van der Waals surface area contributed by atoms with Crippen LogP contribution in [0.5, 0.6) is 0 Å². The lowest BCUT2D eigenvalue weighted by Gasteiger charge is -2.21. The number of thiophene rings is 1. The van der Waals surface area contributed by atoms with Crippen LogP contribution in [0.25, 0.3) is 0 Å². The molecule has 114 valence electrons. The predicted octanol–water partition coefficient (Wildman–Crippen LogP) is 2.99. The number of Topliss-reactive ketones (excluding diaryl/α,β-unsaturated/α-hetero) is 1. The Bertz CT molecular complexity index is 591. The van der Waals surface area contributed by atoms with E-state index < -0.39 is 12.1 Å². The largest absolute Gasteiger partial charge is 0.451 e. The first kappa shape index (κ1) is 15.7. The van der Waals surface area contributed by atoms with Crippen molar-refractivity contribution in [3.8, 4) is 0 Å². The lowest BCUT2D eigenvalue weighted by Crippen LogP contribution is -2.30. The van der Waals surface area contributed by atoms with Gasteiger partial charge in [0.15, 0.2) is 11.9 Å². The second kappa shape index (κ2) is 6.39. The SMILES string of the molecule is CC(=O)Nc1sc(C)c(C)c1C(=O)OC1CCCCC1=O. The Hall–Kier alpha value is -1.69. The third kappa shape index (κ3) is 3.50.